The minimum atomic E-state index is -0.771. The van der Waals surface area contributed by atoms with Crippen molar-refractivity contribution in [1.29, 1.82) is 0 Å². The number of rotatable bonds is 28. The maximum Gasteiger partial charge on any atom is 0.275 e. The van der Waals surface area contributed by atoms with E-state index in [0.29, 0.717) is 16.6 Å². The van der Waals surface area contributed by atoms with Gasteiger partial charge in [-0.1, -0.05) is 147 Å². The molecule has 1 heterocycles. The van der Waals surface area contributed by atoms with Crippen LogP contribution in [-0.4, -0.2) is 72.2 Å². The molecule has 0 saturated carbocycles. The van der Waals surface area contributed by atoms with Crippen molar-refractivity contribution >= 4 is 23.5 Å². The summed E-state index contributed by atoms with van der Waals surface area (Å²) in [5.74, 6) is -1.25. The van der Waals surface area contributed by atoms with E-state index in [4.69, 9.17) is 0 Å². The fourth-order valence-electron chi connectivity index (χ4n) is 6.81. The lowest BCUT2D eigenvalue weighted by molar-refractivity contribution is -0.902. The van der Waals surface area contributed by atoms with E-state index in [1.807, 2.05) is 6.07 Å². The third-order valence-electron chi connectivity index (χ3n) is 9.87. The van der Waals surface area contributed by atoms with Crippen molar-refractivity contribution in [3.63, 3.8) is 0 Å². The average Bonchev–Trinajstić information content (AvgIpc) is 3.06. The third kappa shape index (κ3) is 18.8. The Balaban J connectivity index is 0.0000115. The number of Topliss-reactive ketones (excluding diaryl/α,β-unsaturated/α-hetero) is 1. The number of quaternary nitrogens is 1. The van der Waals surface area contributed by atoms with Crippen LogP contribution in [0.2, 0.25) is 0 Å². The van der Waals surface area contributed by atoms with Gasteiger partial charge in [-0.2, -0.15) is 0 Å². The van der Waals surface area contributed by atoms with Gasteiger partial charge in [0.2, 0.25) is 5.91 Å². The summed E-state index contributed by atoms with van der Waals surface area (Å²) < 4.78 is 0.677. The number of likely N-dealkylation sites (tertiary alicyclic amines) is 1. The van der Waals surface area contributed by atoms with E-state index >= 15 is 0 Å². The van der Waals surface area contributed by atoms with E-state index < -0.39 is 11.9 Å². The van der Waals surface area contributed by atoms with Crippen molar-refractivity contribution in [3.05, 3.63) is 35.9 Å². The monoisotopic (exact) mass is 781 g/mol. The Kier molecular flexibility index (Phi) is 24.9. The predicted octanol–water partition coefficient (Wildman–Crippen LogP) is 5.80. The Hall–Kier alpha value is -1.81. The lowest BCUT2D eigenvalue weighted by Crippen LogP contribution is -3.00. The second kappa shape index (κ2) is 27.0. The first-order chi connectivity index (χ1) is 22.8. The number of carbonyl (C=O) groups excluding carboxylic acids is 4. The highest BCUT2D eigenvalue weighted by molar-refractivity contribution is 6.07. The van der Waals surface area contributed by atoms with Gasteiger partial charge in [-0.05, 0) is 32.1 Å². The molecule has 0 spiro atoms. The molecular formula is C40H68IN3O4. The molecule has 0 aromatic heterocycles. The topological polar surface area (TPSA) is 83.6 Å². The lowest BCUT2D eigenvalue weighted by Gasteiger charge is -2.35. The molecule has 1 aliphatic rings. The Morgan fingerprint density at radius 1 is 0.708 bits per heavy atom. The number of benzene rings is 1. The Labute approximate surface area is 310 Å². The molecule has 7 nitrogen and oxygen atoms in total. The summed E-state index contributed by atoms with van der Waals surface area (Å²) >= 11 is 0. The molecule has 1 fully saturated rings. The first kappa shape index (κ1) is 44.2. The summed E-state index contributed by atoms with van der Waals surface area (Å²) in [6.07, 6.45) is 26.1. The number of hydrogen-bond acceptors (Lipinski definition) is 4. The molecule has 0 bridgehead atoms. The van der Waals surface area contributed by atoms with Crippen molar-refractivity contribution in [2.75, 3.05) is 33.2 Å². The van der Waals surface area contributed by atoms with Gasteiger partial charge in [0.15, 0.2) is 12.3 Å². The van der Waals surface area contributed by atoms with Crippen molar-refractivity contribution in [2.24, 2.45) is 0 Å². The van der Waals surface area contributed by atoms with Gasteiger partial charge in [0.25, 0.3) is 11.8 Å². The second-order valence-corrected chi connectivity index (χ2v) is 14.4. The number of carbonyl (C=O) groups is 4. The van der Waals surface area contributed by atoms with E-state index in [9.17, 15) is 19.2 Å². The number of amides is 3. The van der Waals surface area contributed by atoms with Crippen LogP contribution in [0.25, 0.3) is 0 Å². The van der Waals surface area contributed by atoms with Crippen LogP contribution in [-0.2, 0) is 14.4 Å². The molecule has 1 N–H and O–H groups in total. The molecular weight excluding hydrogens is 713 g/mol. The molecule has 1 aromatic carbocycles. The zero-order valence-corrected chi connectivity index (χ0v) is 32.9. The van der Waals surface area contributed by atoms with E-state index in [1.54, 1.807) is 24.3 Å². The van der Waals surface area contributed by atoms with E-state index in [-0.39, 0.29) is 61.0 Å². The zero-order chi connectivity index (χ0) is 34.2. The number of hydrogen-bond donors (Lipinski definition) is 1. The normalized spacial score (nSPS) is 15.0. The van der Waals surface area contributed by atoms with Crippen molar-refractivity contribution in [3.8, 4) is 0 Å². The Morgan fingerprint density at radius 2 is 1.15 bits per heavy atom. The van der Waals surface area contributed by atoms with Gasteiger partial charge in [0.05, 0.1) is 26.7 Å². The highest BCUT2D eigenvalue weighted by atomic mass is 127. The lowest BCUT2D eigenvalue weighted by atomic mass is 10.0. The first-order valence-corrected chi connectivity index (χ1v) is 19.3. The van der Waals surface area contributed by atoms with Crippen LogP contribution in [0.15, 0.2) is 30.3 Å². The summed E-state index contributed by atoms with van der Waals surface area (Å²) in [5, 5.41) is 2.96. The van der Waals surface area contributed by atoms with Crippen LogP contribution < -0.4 is 29.3 Å². The van der Waals surface area contributed by atoms with Gasteiger partial charge in [0.1, 0.15) is 6.04 Å². The van der Waals surface area contributed by atoms with Gasteiger partial charge in [-0.15, -0.1) is 0 Å². The highest BCUT2D eigenvalue weighted by Gasteiger charge is 2.37. The van der Waals surface area contributed by atoms with Gasteiger partial charge in [-0.3, -0.25) is 24.1 Å². The van der Waals surface area contributed by atoms with E-state index in [1.165, 1.54) is 116 Å². The van der Waals surface area contributed by atoms with E-state index in [2.05, 4.69) is 26.2 Å². The number of likely N-dealkylation sites (N-methyl/N-ethyl adjacent to an activating group) is 1. The molecule has 48 heavy (non-hydrogen) atoms. The number of nitrogens with zero attached hydrogens (tertiary/aromatic N) is 2. The summed E-state index contributed by atoms with van der Waals surface area (Å²) in [6, 6.07) is 7.93. The molecule has 8 heteroatoms. The first-order valence-electron chi connectivity index (χ1n) is 19.3. The molecule has 1 aromatic rings. The maximum atomic E-state index is 13.4. The summed E-state index contributed by atoms with van der Waals surface area (Å²) in [4.78, 5) is 53.1. The SMILES string of the molecule is CCCCCCCCCCCC[N+](C)(CCCCCCCCCCCC)CC(=O)NC1CCC(=O)N(CC(=O)c2ccccc2)C1=O.[I-]. The van der Waals surface area contributed by atoms with Crippen LogP contribution in [0.3, 0.4) is 0 Å². The molecule has 0 aliphatic carbocycles. The minimum absolute atomic E-state index is 0. The van der Waals surface area contributed by atoms with Crippen LogP contribution in [0, 0.1) is 0 Å². The van der Waals surface area contributed by atoms with Crippen LogP contribution in [0.1, 0.15) is 165 Å². The molecule has 274 valence electrons. The second-order valence-electron chi connectivity index (χ2n) is 14.4. The summed E-state index contributed by atoms with van der Waals surface area (Å²) in [6.45, 7) is 6.46. The standard InChI is InChI=1S/C40H67N3O4.HI/c1-4-6-8-10-12-14-16-18-20-25-31-43(3,32-26-21-19-17-15-13-11-9-7-5-2)34-38(45)41-36-29-30-39(46)42(40(36)47)33-37(44)35-27-23-22-24-28-35;/h22-24,27-28,36H,4-21,25-26,29-34H2,1-3H3;1H. The van der Waals surface area contributed by atoms with E-state index in [0.717, 1.165) is 30.8 Å². The maximum absolute atomic E-state index is 13.4. The number of imide groups is 1. The highest BCUT2D eigenvalue weighted by Crippen LogP contribution is 2.18. The fourth-order valence-corrected chi connectivity index (χ4v) is 6.81. The number of halogens is 1. The Bertz CT molecular complexity index is 1010. The van der Waals surface area contributed by atoms with Crippen LogP contribution >= 0.6 is 0 Å². The molecule has 1 aliphatic heterocycles. The Morgan fingerprint density at radius 3 is 1.60 bits per heavy atom. The smallest absolute Gasteiger partial charge is 0.275 e. The van der Waals surface area contributed by atoms with Crippen LogP contribution in [0.5, 0.6) is 0 Å². The fraction of sp³-hybridized carbons (Fsp3) is 0.750. The van der Waals surface area contributed by atoms with Crippen molar-refractivity contribution in [1.82, 2.24) is 10.2 Å². The number of piperidine rings is 1. The van der Waals surface area contributed by atoms with Gasteiger partial charge in [0, 0.05) is 12.0 Å². The predicted molar refractivity (Wildman–Crippen MR) is 193 cm³/mol. The number of nitrogens with one attached hydrogen (secondary N) is 1. The average molecular weight is 782 g/mol. The molecule has 2 rings (SSSR count). The molecule has 1 saturated heterocycles. The minimum Gasteiger partial charge on any atom is -1.00 e. The van der Waals surface area contributed by atoms with Gasteiger partial charge in [-0.25, -0.2) is 0 Å². The van der Waals surface area contributed by atoms with Gasteiger partial charge < -0.3 is 33.8 Å². The zero-order valence-electron chi connectivity index (χ0n) is 30.8. The van der Waals surface area contributed by atoms with Crippen molar-refractivity contribution in [2.45, 2.75) is 161 Å². The summed E-state index contributed by atoms with van der Waals surface area (Å²) in [7, 11) is 2.19. The molecule has 1 unspecified atom stereocenters. The summed E-state index contributed by atoms with van der Waals surface area (Å²) in [5.41, 5.74) is 0.464. The molecule has 3 amide bonds. The number of ketones is 1. The quantitative estimate of drug-likeness (QED) is 0.0384. The largest absolute Gasteiger partial charge is 1.00 e. The molecule has 0 radical (unpaired) electrons. The van der Waals surface area contributed by atoms with Gasteiger partial charge >= 0.3 is 0 Å². The van der Waals surface area contributed by atoms with Crippen LogP contribution in [0.4, 0.5) is 0 Å². The third-order valence-corrected chi connectivity index (χ3v) is 9.87. The molecule has 1 atom stereocenters. The van der Waals surface area contributed by atoms with Crippen molar-refractivity contribution < 1.29 is 47.6 Å². The number of unbranched alkanes of at least 4 members (excludes halogenated alkanes) is 18.